The molecule has 1 unspecified atom stereocenters. The SMILES string of the molecule is Cc1csc(CC(N)c2cccc(OC(C)C)c2)n1. The van der Waals surface area contributed by atoms with Gasteiger partial charge in [-0.25, -0.2) is 4.98 Å². The summed E-state index contributed by atoms with van der Waals surface area (Å²) in [7, 11) is 0. The number of hydrogen-bond acceptors (Lipinski definition) is 4. The lowest BCUT2D eigenvalue weighted by atomic mass is 10.0. The molecule has 0 saturated heterocycles. The zero-order valence-corrected chi connectivity index (χ0v) is 12.4. The van der Waals surface area contributed by atoms with Crippen molar-refractivity contribution in [2.45, 2.75) is 39.3 Å². The highest BCUT2D eigenvalue weighted by atomic mass is 32.1. The Morgan fingerprint density at radius 2 is 2.16 bits per heavy atom. The van der Waals surface area contributed by atoms with Gasteiger partial charge in [0.2, 0.25) is 0 Å². The Hall–Kier alpha value is -1.39. The Morgan fingerprint density at radius 3 is 2.79 bits per heavy atom. The van der Waals surface area contributed by atoms with Crippen LogP contribution in [0.5, 0.6) is 5.75 Å². The molecule has 1 aromatic heterocycles. The summed E-state index contributed by atoms with van der Waals surface area (Å²) in [5, 5.41) is 3.14. The normalized spacial score (nSPS) is 12.7. The quantitative estimate of drug-likeness (QED) is 0.909. The van der Waals surface area contributed by atoms with E-state index in [9.17, 15) is 0 Å². The van der Waals surface area contributed by atoms with Crippen LogP contribution in [0.3, 0.4) is 0 Å². The summed E-state index contributed by atoms with van der Waals surface area (Å²) >= 11 is 1.67. The smallest absolute Gasteiger partial charge is 0.120 e. The molecule has 0 aliphatic carbocycles. The number of nitrogens with zero attached hydrogens (tertiary/aromatic N) is 1. The molecule has 0 spiro atoms. The molecule has 19 heavy (non-hydrogen) atoms. The first-order chi connectivity index (χ1) is 9.04. The average molecular weight is 276 g/mol. The molecule has 1 heterocycles. The second-order valence-electron chi connectivity index (χ2n) is 4.93. The van der Waals surface area contributed by atoms with Crippen molar-refractivity contribution in [1.29, 1.82) is 0 Å². The summed E-state index contributed by atoms with van der Waals surface area (Å²) in [5.41, 5.74) is 8.40. The highest BCUT2D eigenvalue weighted by molar-refractivity contribution is 7.09. The van der Waals surface area contributed by atoms with Crippen molar-refractivity contribution in [3.05, 3.63) is 45.9 Å². The fourth-order valence-corrected chi connectivity index (χ4v) is 2.72. The highest BCUT2D eigenvalue weighted by Crippen LogP contribution is 2.22. The van der Waals surface area contributed by atoms with Crippen LogP contribution in [0.15, 0.2) is 29.6 Å². The number of ether oxygens (including phenoxy) is 1. The van der Waals surface area contributed by atoms with E-state index < -0.39 is 0 Å². The molecule has 0 aliphatic rings. The first kappa shape index (κ1) is 14.0. The van der Waals surface area contributed by atoms with Gasteiger partial charge in [0.1, 0.15) is 5.75 Å². The Morgan fingerprint density at radius 1 is 1.37 bits per heavy atom. The van der Waals surface area contributed by atoms with Crippen molar-refractivity contribution in [2.24, 2.45) is 5.73 Å². The van der Waals surface area contributed by atoms with Gasteiger partial charge in [-0.15, -0.1) is 11.3 Å². The molecule has 0 bridgehead atoms. The maximum Gasteiger partial charge on any atom is 0.120 e. The maximum atomic E-state index is 6.25. The van der Waals surface area contributed by atoms with E-state index in [0.717, 1.165) is 28.4 Å². The van der Waals surface area contributed by atoms with E-state index >= 15 is 0 Å². The number of benzene rings is 1. The molecule has 2 rings (SSSR count). The molecule has 1 aromatic carbocycles. The molecule has 4 heteroatoms. The Kier molecular flexibility index (Phi) is 4.56. The van der Waals surface area contributed by atoms with Gasteiger partial charge in [-0.1, -0.05) is 12.1 Å². The van der Waals surface area contributed by atoms with Gasteiger partial charge in [-0.2, -0.15) is 0 Å². The summed E-state index contributed by atoms with van der Waals surface area (Å²) in [5.74, 6) is 0.873. The number of aromatic nitrogens is 1. The molecule has 1 atom stereocenters. The molecular weight excluding hydrogens is 256 g/mol. The minimum Gasteiger partial charge on any atom is -0.491 e. The van der Waals surface area contributed by atoms with E-state index in [-0.39, 0.29) is 12.1 Å². The average Bonchev–Trinajstić information content (AvgIpc) is 2.74. The van der Waals surface area contributed by atoms with E-state index in [4.69, 9.17) is 10.5 Å². The van der Waals surface area contributed by atoms with E-state index in [1.165, 1.54) is 0 Å². The number of rotatable bonds is 5. The van der Waals surface area contributed by atoms with Gasteiger partial charge in [0.05, 0.1) is 11.1 Å². The number of aryl methyl sites for hydroxylation is 1. The monoisotopic (exact) mass is 276 g/mol. The molecule has 0 amide bonds. The van der Waals surface area contributed by atoms with Crippen LogP contribution in [0.2, 0.25) is 0 Å². The van der Waals surface area contributed by atoms with Crippen molar-refractivity contribution >= 4 is 11.3 Å². The number of hydrogen-bond donors (Lipinski definition) is 1. The Bertz CT molecular complexity index is 536. The maximum absolute atomic E-state index is 6.25. The third-order valence-electron chi connectivity index (χ3n) is 2.72. The van der Waals surface area contributed by atoms with Gasteiger partial charge in [-0.3, -0.25) is 0 Å². The van der Waals surface area contributed by atoms with Gasteiger partial charge >= 0.3 is 0 Å². The zero-order chi connectivity index (χ0) is 13.8. The van der Waals surface area contributed by atoms with Crippen molar-refractivity contribution in [3.63, 3.8) is 0 Å². The van der Waals surface area contributed by atoms with Crippen LogP contribution in [-0.2, 0) is 6.42 Å². The second-order valence-corrected chi connectivity index (χ2v) is 5.87. The summed E-state index contributed by atoms with van der Waals surface area (Å²) in [4.78, 5) is 4.45. The first-order valence-electron chi connectivity index (χ1n) is 6.48. The summed E-state index contributed by atoms with van der Waals surface area (Å²) in [6.45, 7) is 6.04. The Labute approximate surface area is 118 Å². The van der Waals surface area contributed by atoms with Crippen LogP contribution in [-0.4, -0.2) is 11.1 Å². The van der Waals surface area contributed by atoms with Gasteiger partial charge < -0.3 is 10.5 Å². The predicted octanol–water partition coefficient (Wildman–Crippen LogP) is 3.48. The second kappa shape index (κ2) is 6.17. The molecule has 2 N–H and O–H groups in total. The highest BCUT2D eigenvalue weighted by Gasteiger charge is 2.10. The molecule has 0 fully saturated rings. The fourth-order valence-electron chi connectivity index (χ4n) is 1.89. The van der Waals surface area contributed by atoms with E-state index in [0.29, 0.717) is 0 Å². The van der Waals surface area contributed by atoms with Gasteiger partial charge in [0.15, 0.2) is 0 Å². The van der Waals surface area contributed by atoms with Crippen LogP contribution >= 0.6 is 11.3 Å². The van der Waals surface area contributed by atoms with Gasteiger partial charge in [-0.05, 0) is 38.5 Å². The Balaban J connectivity index is 2.08. The number of thiazole rings is 1. The van der Waals surface area contributed by atoms with Crippen LogP contribution < -0.4 is 10.5 Å². The van der Waals surface area contributed by atoms with Crippen molar-refractivity contribution in [3.8, 4) is 5.75 Å². The van der Waals surface area contributed by atoms with E-state index in [1.54, 1.807) is 11.3 Å². The van der Waals surface area contributed by atoms with Crippen molar-refractivity contribution < 1.29 is 4.74 Å². The van der Waals surface area contributed by atoms with Crippen LogP contribution in [0.25, 0.3) is 0 Å². The van der Waals surface area contributed by atoms with Crippen molar-refractivity contribution in [2.75, 3.05) is 0 Å². The number of nitrogens with two attached hydrogens (primary N) is 1. The van der Waals surface area contributed by atoms with E-state index in [2.05, 4.69) is 10.4 Å². The molecule has 0 saturated carbocycles. The molecule has 102 valence electrons. The lowest BCUT2D eigenvalue weighted by Gasteiger charge is -2.14. The molecule has 0 aliphatic heterocycles. The molecule has 2 aromatic rings. The minimum absolute atomic E-state index is 0.0405. The van der Waals surface area contributed by atoms with Crippen LogP contribution in [0.4, 0.5) is 0 Å². The topological polar surface area (TPSA) is 48.1 Å². The van der Waals surface area contributed by atoms with Crippen molar-refractivity contribution in [1.82, 2.24) is 4.98 Å². The fraction of sp³-hybridized carbons (Fsp3) is 0.400. The summed E-state index contributed by atoms with van der Waals surface area (Å²) in [6.07, 6.45) is 0.942. The zero-order valence-electron chi connectivity index (χ0n) is 11.6. The lowest BCUT2D eigenvalue weighted by Crippen LogP contribution is -2.14. The minimum atomic E-state index is -0.0405. The predicted molar refractivity (Wildman–Crippen MR) is 79.7 cm³/mol. The first-order valence-corrected chi connectivity index (χ1v) is 7.36. The lowest BCUT2D eigenvalue weighted by molar-refractivity contribution is 0.242. The summed E-state index contributed by atoms with van der Waals surface area (Å²) in [6, 6.07) is 7.97. The molecule has 3 nitrogen and oxygen atoms in total. The van der Waals surface area contributed by atoms with Gasteiger partial charge in [0.25, 0.3) is 0 Å². The van der Waals surface area contributed by atoms with Gasteiger partial charge in [0, 0.05) is 23.5 Å². The third-order valence-corrected chi connectivity index (χ3v) is 3.71. The molecule has 0 radical (unpaired) electrons. The van der Waals surface area contributed by atoms with E-state index in [1.807, 2.05) is 45.0 Å². The molecular formula is C15H20N2OS. The van der Waals surface area contributed by atoms with Crippen LogP contribution in [0, 0.1) is 6.92 Å². The van der Waals surface area contributed by atoms with Crippen LogP contribution in [0.1, 0.15) is 36.2 Å². The standard InChI is InChI=1S/C15H20N2OS/c1-10(2)18-13-6-4-5-12(7-13)14(16)8-15-17-11(3)9-19-15/h4-7,9-10,14H,8,16H2,1-3H3. The largest absolute Gasteiger partial charge is 0.491 e. The third kappa shape index (κ3) is 4.04. The summed E-state index contributed by atoms with van der Waals surface area (Å²) < 4.78 is 5.69.